The molecule has 1 amide bonds. The second-order valence-corrected chi connectivity index (χ2v) is 6.55. The average Bonchev–Trinajstić information content (AvgIpc) is 2.57. The molecular formula is C21H25NO3. The molecule has 2 aromatic rings. The number of esters is 1. The minimum absolute atomic E-state index is 0.225. The Morgan fingerprint density at radius 2 is 1.64 bits per heavy atom. The molecule has 0 radical (unpaired) electrons. The summed E-state index contributed by atoms with van der Waals surface area (Å²) < 4.78 is 5.16. The molecule has 25 heavy (non-hydrogen) atoms. The molecule has 0 fully saturated rings. The van der Waals surface area contributed by atoms with Crippen molar-refractivity contribution >= 4 is 11.9 Å². The van der Waals surface area contributed by atoms with Crippen LogP contribution in [0.3, 0.4) is 0 Å². The first-order valence-electron chi connectivity index (χ1n) is 8.32. The Labute approximate surface area is 149 Å². The van der Waals surface area contributed by atoms with E-state index in [1.165, 1.54) is 5.56 Å². The fraction of sp³-hybridized carbons (Fsp3) is 0.333. The van der Waals surface area contributed by atoms with Gasteiger partial charge in [0.1, 0.15) is 0 Å². The number of aryl methyl sites for hydroxylation is 4. The first-order valence-corrected chi connectivity index (χ1v) is 8.32. The second-order valence-electron chi connectivity index (χ2n) is 6.55. The van der Waals surface area contributed by atoms with Crippen LogP contribution in [0.5, 0.6) is 0 Å². The van der Waals surface area contributed by atoms with Crippen LogP contribution in [0, 0.1) is 27.7 Å². The third-order valence-electron chi connectivity index (χ3n) is 4.40. The fourth-order valence-corrected chi connectivity index (χ4v) is 2.56. The number of rotatable bonds is 5. The van der Waals surface area contributed by atoms with E-state index in [1.807, 2.05) is 45.9 Å². The summed E-state index contributed by atoms with van der Waals surface area (Å²) in [5.41, 5.74) is 6.02. The maximum Gasteiger partial charge on any atom is 0.338 e. The molecule has 0 heterocycles. The Hall–Kier alpha value is -2.62. The molecule has 0 N–H and O–H groups in total. The molecule has 0 spiro atoms. The Morgan fingerprint density at radius 1 is 0.920 bits per heavy atom. The smallest absolute Gasteiger partial charge is 0.338 e. The van der Waals surface area contributed by atoms with Gasteiger partial charge in [-0.15, -0.1) is 0 Å². The van der Waals surface area contributed by atoms with E-state index in [4.69, 9.17) is 4.74 Å². The molecule has 0 saturated carbocycles. The standard InChI is InChI=1S/C21H25NO3/c1-14-6-8-19(17(4)10-14)12-22(5)20(23)13-25-21(24)18-9-7-15(2)16(3)11-18/h6-11H,12-13H2,1-5H3. The van der Waals surface area contributed by atoms with Crippen LogP contribution < -0.4 is 0 Å². The molecule has 4 nitrogen and oxygen atoms in total. The predicted molar refractivity (Wildman–Crippen MR) is 98.6 cm³/mol. The first kappa shape index (κ1) is 18.7. The van der Waals surface area contributed by atoms with E-state index < -0.39 is 5.97 Å². The summed E-state index contributed by atoms with van der Waals surface area (Å²) in [7, 11) is 1.71. The van der Waals surface area contributed by atoms with E-state index >= 15 is 0 Å². The van der Waals surface area contributed by atoms with Gasteiger partial charge in [-0.2, -0.15) is 0 Å². The molecule has 0 saturated heterocycles. The topological polar surface area (TPSA) is 46.6 Å². The van der Waals surface area contributed by atoms with Crippen molar-refractivity contribution in [1.29, 1.82) is 0 Å². The highest BCUT2D eigenvalue weighted by Crippen LogP contribution is 2.13. The highest BCUT2D eigenvalue weighted by atomic mass is 16.5. The van der Waals surface area contributed by atoms with Gasteiger partial charge in [0, 0.05) is 13.6 Å². The van der Waals surface area contributed by atoms with Gasteiger partial charge >= 0.3 is 5.97 Å². The van der Waals surface area contributed by atoms with Gasteiger partial charge in [0.15, 0.2) is 6.61 Å². The Morgan fingerprint density at radius 3 is 2.28 bits per heavy atom. The zero-order valence-electron chi connectivity index (χ0n) is 15.6. The van der Waals surface area contributed by atoms with Crippen molar-refractivity contribution in [2.45, 2.75) is 34.2 Å². The van der Waals surface area contributed by atoms with Gasteiger partial charge in [0.25, 0.3) is 5.91 Å². The normalized spacial score (nSPS) is 10.4. The van der Waals surface area contributed by atoms with Crippen molar-refractivity contribution in [3.05, 3.63) is 69.8 Å². The number of carbonyl (C=O) groups is 2. The van der Waals surface area contributed by atoms with Gasteiger partial charge in [-0.25, -0.2) is 4.79 Å². The fourth-order valence-electron chi connectivity index (χ4n) is 2.56. The number of amides is 1. The summed E-state index contributed by atoms with van der Waals surface area (Å²) in [5, 5.41) is 0. The maximum absolute atomic E-state index is 12.2. The van der Waals surface area contributed by atoms with Crippen LogP contribution >= 0.6 is 0 Å². The van der Waals surface area contributed by atoms with Crippen LogP contribution in [-0.4, -0.2) is 30.4 Å². The van der Waals surface area contributed by atoms with Crippen LogP contribution in [0.15, 0.2) is 36.4 Å². The van der Waals surface area contributed by atoms with Crippen LogP contribution in [-0.2, 0) is 16.1 Å². The molecule has 0 aliphatic heterocycles. The first-order chi connectivity index (χ1) is 11.8. The van der Waals surface area contributed by atoms with E-state index in [9.17, 15) is 9.59 Å². The zero-order valence-corrected chi connectivity index (χ0v) is 15.6. The van der Waals surface area contributed by atoms with Crippen molar-refractivity contribution in [1.82, 2.24) is 4.90 Å². The molecule has 0 unspecified atom stereocenters. The lowest BCUT2D eigenvalue weighted by atomic mass is 10.1. The molecule has 0 aliphatic rings. The highest BCUT2D eigenvalue weighted by molar-refractivity contribution is 5.91. The molecular weight excluding hydrogens is 314 g/mol. The van der Waals surface area contributed by atoms with Crippen molar-refractivity contribution in [3.8, 4) is 0 Å². The van der Waals surface area contributed by atoms with E-state index in [0.29, 0.717) is 12.1 Å². The second kappa shape index (κ2) is 7.97. The van der Waals surface area contributed by atoms with E-state index in [1.54, 1.807) is 24.1 Å². The van der Waals surface area contributed by atoms with Gasteiger partial charge in [0.05, 0.1) is 5.56 Å². The monoisotopic (exact) mass is 339 g/mol. The number of nitrogens with zero attached hydrogens (tertiary/aromatic N) is 1. The van der Waals surface area contributed by atoms with Gasteiger partial charge < -0.3 is 9.64 Å². The number of hydrogen-bond donors (Lipinski definition) is 0. The molecule has 0 bridgehead atoms. The number of carbonyl (C=O) groups excluding carboxylic acids is 2. The lowest BCUT2D eigenvalue weighted by Crippen LogP contribution is -2.31. The number of likely N-dealkylation sites (N-methyl/N-ethyl adjacent to an activating group) is 1. The summed E-state index contributed by atoms with van der Waals surface area (Å²) in [5.74, 6) is -0.700. The van der Waals surface area contributed by atoms with E-state index in [-0.39, 0.29) is 12.5 Å². The number of ether oxygens (including phenoxy) is 1. The van der Waals surface area contributed by atoms with Gasteiger partial charge in [-0.3, -0.25) is 4.79 Å². The molecule has 2 aromatic carbocycles. The third-order valence-corrected chi connectivity index (χ3v) is 4.40. The largest absolute Gasteiger partial charge is 0.452 e. The van der Waals surface area contributed by atoms with E-state index in [2.05, 4.69) is 6.07 Å². The van der Waals surface area contributed by atoms with Gasteiger partial charge in [-0.05, 0) is 62.1 Å². The molecule has 4 heteroatoms. The van der Waals surface area contributed by atoms with E-state index in [0.717, 1.165) is 22.3 Å². The van der Waals surface area contributed by atoms with Gasteiger partial charge in [0.2, 0.25) is 0 Å². The summed E-state index contributed by atoms with van der Waals surface area (Å²) >= 11 is 0. The van der Waals surface area contributed by atoms with Crippen molar-refractivity contribution < 1.29 is 14.3 Å². The zero-order chi connectivity index (χ0) is 18.6. The highest BCUT2D eigenvalue weighted by Gasteiger charge is 2.15. The van der Waals surface area contributed by atoms with Crippen molar-refractivity contribution in [2.75, 3.05) is 13.7 Å². The number of benzene rings is 2. The molecule has 0 aliphatic carbocycles. The van der Waals surface area contributed by atoms with Crippen LogP contribution in [0.4, 0.5) is 0 Å². The maximum atomic E-state index is 12.2. The minimum atomic E-state index is -0.476. The molecule has 132 valence electrons. The summed E-state index contributed by atoms with van der Waals surface area (Å²) in [6.45, 7) is 8.22. The summed E-state index contributed by atoms with van der Waals surface area (Å²) in [6.07, 6.45) is 0. The van der Waals surface area contributed by atoms with Crippen molar-refractivity contribution in [3.63, 3.8) is 0 Å². The van der Waals surface area contributed by atoms with Crippen LogP contribution in [0.1, 0.15) is 38.2 Å². The predicted octanol–water partition coefficient (Wildman–Crippen LogP) is 3.74. The van der Waals surface area contributed by atoms with Crippen molar-refractivity contribution in [2.24, 2.45) is 0 Å². The van der Waals surface area contributed by atoms with Gasteiger partial charge in [-0.1, -0.05) is 29.8 Å². The molecule has 0 aromatic heterocycles. The average molecular weight is 339 g/mol. The minimum Gasteiger partial charge on any atom is -0.452 e. The lowest BCUT2D eigenvalue weighted by Gasteiger charge is -2.18. The molecule has 0 atom stereocenters. The summed E-state index contributed by atoms with van der Waals surface area (Å²) in [6, 6.07) is 11.5. The number of hydrogen-bond acceptors (Lipinski definition) is 3. The molecule has 2 rings (SSSR count). The Kier molecular flexibility index (Phi) is 5.97. The lowest BCUT2D eigenvalue weighted by molar-refractivity contribution is -0.133. The SMILES string of the molecule is Cc1ccc(CN(C)C(=O)COC(=O)c2ccc(C)c(C)c2)c(C)c1. The Bertz CT molecular complexity index is 796. The Balaban J connectivity index is 1.92. The van der Waals surface area contributed by atoms with Crippen LogP contribution in [0.2, 0.25) is 0 Å². The quantitative estimate of drug-likeness (QED) is 0.780. The third kappa shape index (κ3) is 4.92. The van der Waals surface area contributed by atoms with Crippen LogP contribution in [0.25, 0.3) is 0 Å². The summed E-state index contributed by atoms with van der Waals surface area (Å²) in [4.78, 5) is 25.9.